The van der Waals surface area contributed by atoms with E-state index in [4.69, 9.17) is 0 Å². The van der Waals surface area contributed by atoms with E-state index in [1.54, 1.807) is 0 Å². The van der Waals surface area contributed by atoms with Gasteiger partial charge in [-0.1, -0.05) is 19.4 Å². The van der Waals surface area contributed by atoms with Crippen molar-refractivity contribution in [3.8, 4) is 0 Å². The van der Waals surface area contributed by atoms with Gasteiger partial charge in [0.05, 0.1) is 6.20 Å². The molecule has 0 saturated carbocycles. The molecule has 2 aromatic heterocycles. The van der Waals surface area contributed by atoms with E-state index in [0.29, 0.717) is 6.04 Å². The largest absolute Gasteiger partial charge is 0.305 e. The van der Waals surface area contributed by atoms with Gasteiger partial charge in [-0.05, 0) is 24.8 Å². The standard InChI is InChI=1S/C14H21N3S/c1-3-6-13(14-7-5-8-18-14)15-9-12-10-16-17(4-2)11-12/h5,7-8,10-11,13,15H,3-4,6,9H2,1-2H3. The molecule has 4 heteroatoms. The Hall–Kier alpha value is -1.13. The Morgan fingerprint density at radius 1 is 1.44 bits per heavy atom. The Kier molecular flexibility index (Phi) is 4.96. The van der Waals surface area contributed by atoms with Crippen LogP contribution in [0, 0.1) is 0 Å². The minimum Gasteiger partial charge on any atom is -0.305 e. The van der Waals surface area contributed by atoms with Crippen LogP contribution >= 0.6 is 11.3 Å². The van der Waals surface area contributed by atoms with Crippen LogP contribution < -0.4 is 5.32 Å². The van der Waals surface area contributed by atoms with Crippen molar-refractivity contribution < 1.29 is 0 Å². The lowest BCUT2D eigenvalue weighted by atomic mass is 10.1. The Labute approximate surface area is 113 Å². The highest BCUT2D eigenvalue weighted by Crippen LogP contribution is 2.23. The van der Waals surface area contributed by atoms with Crippen LogP contribution in [0.4, 0.5) is 0 Å². The monoisotopic (exact) mass is 263 g/mol. The Balaban J connectivity index is 1.93. The number of aryl methyl sites for hydroxylation is 1. The van der Waals surface area contributed by atoms with Crippen LogP contribution in [0.1, 0.15) is 43.2 Å². The molecule has 98 valence electrons. The molecule has 2 heterocycles. The van der Waals surface area contributed by atoms with E-state index in [2.05, 4.69) is 48.0 Å². The summed E-state index contributed by atoms with van der Waals surface area (Å²) in [5, 5.41) is 10.1. The lowest BCUT2D eigenvalue weighted by molar-refractivity contribution is 0.500. The molecule has 0 bridgehead atoms. The van der Waals surface area contributed by atoms with Gasteiger partial charge in [-0.25, -0.2) is 0 Å². The molecule has 2 aromatic rings. The van der Waals surface area contributed by atoms with Gasteiger partial charge in [0.1, 0.15) is 0 Å². The van der Waals surface area contributed by atoms with Crippen LogP contribution in [0.2, 0.25) is 0 Å². The van der Waals surface area contributed by atoms with Gasteiger partial charge in [0.25, 0.3) is 0 Å². The van der Waals surface area contributed by atoms with Crippen molar-refractivity contribution in [2.75, 3.05) is 0 Å². The maximum atomic E-state index is 4.30. The third-order valence-electron chi connectivity index (χ3n) is 3.03. The van der Waals surface area contributed by atoms with Gasteiger partial charge >= 0.3 is 0 Å². The van der Waals surface area contributed by atoms with Crippen LogP contribution in [0.15, 0.2) is 29.9 Å². The highest BCUT2D eigenvalue weighted by Gasteiger charge is 2.11. The van der Waals surface area contributed by atoms with Crippen LogP contribution in [0.5, 0.6) is 0 Å². The van der Waals surface area contributed by atoms with Crippen molar-refractivity contribution in [3.05, 3.63) is 40.3 Å². The first-order valence-electron chi connectivity index (χ1n) is 6.61. The zero-order valence-electron chi connectivity index (χ0n) is 11.1. The van der Waals surface area contributed by atoms with Crippen LogP contribution in [-0.4, -0.2) is 9.78 Å². The third kappa shape index (κ3) is 3.43. The second-order valence-electron chi connectivity index (χ2n) is 4.44. The van der Waals surface area contributed by atoms with Crippen molar-refractivity contribution in [1.29, 1.82) is 0 Å². The van der Waals surface area contributed by atoms with E-state index >= 15 is 0 Å². The molecule has 0 aromatic carbocycles. The highest BCUT2D eigenvalue weighted by atomic mass is 32.1. The van der Waals surface area contributed by atoms with Gasteiger partial charge in [-0.15, -0.1) is 11.3 Å². The summed E-state index contributed by atoms with van der Waals surface area (Å²) in [6, 6.07) is 4.81. The Morgan fingerprint density at radius 3 is 2.94 bits per heavy atom. The summed E-state index contributed by atoms with van der Waals surface area (Å²) in [5.74, 6) is 0. The smallest absolute Gasteiger partial charge is 0.0534 e. The first-order valence-corrected chi connectivity index (χ1v) is 7.49. The van der Waals surface area contributed by atoms with Crippen molar-refractivity contribution in [2.45, 2.75) is 45.8 Å². The number of hydrogen-bond donors (Lipinski definition) is 1. The fraction of sp³-hybridized carbons (Fsp3) is 0.500. The van der Waals surface area contributed by atoms with Gasteiger partial charge in [0.2, 0.25) is 0 Å². The summed E-state index contributed by atoms with van der Waals surface area (Å²) in [4.78, 5) is 1.43. The second-order valence-corrected chi connectivity index (χ2v) is 5.42. The normalized spacial score (nSPS) is 12.8. The fourth-order valence-corrected chi connectivity index (χ4v) is 2.87. The van der Waals surface area contributed by atoms with E-state index in [9.17, 15) is 0 Å². The molecule has 1 unspecified atom stereocenters. The van der Waals surface area contributed by atoms with Gasteiger partial charge < -0.3 is 5.32 Å². The number of rotatable bonds is 7. The minimum atomic E-state index is 0.472. The summed E-state index contributed by atoms with van der Waals surface area (Å²) in [7, 11) is 0. The molecule has 0 fully saturated rings. The van der Waals surface area contributed by atoms with Gasteiger partial charge in [0.15, 0.2) is 0 Å². The maximum absolute atomic E-state index is 4.30. The molecule has 0 radical (unpaired) electrons. The summed E-state index contributed by atoms with van der Waals surface area (Å²) in [5.41, 5.74) is 1.26. The minimum absolute atomic E-state index is 0.472. The average molecular weight is 263 g/mol. The molecule has 0 spiro atoms. The number of hydrogen-bond acceptors (Lipinski definition) is 3. The predicted molar refractivity (Wildman–Crippen MR) is 76.7 cm³/mol. The molecular weight excluding hydrogens is 242 g/mol. The molecule has 2 rings (SSSR count). The second kappa shape index (κ2) is 6.71. The Bertz CT molecular complexity index is 447. The zero-order chi connectivity index (χ0) is 12.8. The number of nitrogens with one attached hydrogen (secondary N) is 1. The van der Waals surface area contributed by atoms with Crippen molar-refractivity contribution in [2.24, 2.45) is 0 Å². The van der Waals surface area contributed by atoms with Gasteiger partial charge in [0, 0.05) is 35.8 Å². The molecule has 0 amide bonds. The summed E-state index contributed by atoms with van der Waals surface area (Å²) in [6.07, 6.45) is 6.45. The lowest BCUT2D eigenvalue weighted by Crippen LogP contribution is -2.19. The number of nitrogens with zero attached hydrogens (tertiary/aromatic N) is 2. The zero-order valence-corrected chi connectivity index (χ0v) is 11.9. The van der Waals surface area contributed by atoms with E-state index in [0.717, 1.165) is 13.1 Å². The predicted octanol–water partition coefficient (Wildman–Crippen LogP) is 3.60. The first kappa shape index (κ1) is 13.3. The number of thiophene rings is 1. The first-order chi connectivity index (χ1) is 8.83. The average Bonchev–Trinajstić information content (AvgIpc) is 3.05. The molecule has 0 aliphatic heterocycles. The van der Waals surface area contributed by atoms with E-state index in [1.807, 2.05) is 22.2 Å². The highest BCUT2D eigenvalue weighted by molar-refractivity contribution is 7.10. The number of aromatic nitrogens is 2. The van der Waals surface area contributed by atoms with Crippen molar-refractivity contribution in [3.63, 3.8) is 0 Å². The van der Waals surface area contributed by atoms with Crippen LogP contribution in [-0.2, 0) is 13.1 Å². The molecule has 0 aliphatic rings. The molecule has 1 N–H and O–H groups in total. The van der Waals surface area contributed by atoms with Crippen molar-refractivity contribution in [1.82, 2.24) is 15.1 Å². The summed E-state index contributed by atoms with van der Waals surface area (Å²) < 4.78 is 1.97. The van der Waals surface area contributed by atoms with E-state index in [1.165, 1.54) is 23.3 Å². The topological polar surface area (TPSA) is 29.9 Å². The molecule has 0 aliphatic carbocycles. The van der Waals surface area contributed by atoms with Gasteiger partial charge in [-0.3, -0.25) is 4.68 Å². The Morgan fingerprint density at radius 2 is 2.33 bits per heavy atom. The van der Waals surface area contributed by atoms with E-state index < -0.39 is 0 Å². The quantitative estimate of drug-likeness (QED) is 0.827. The lowest BCUT2D eigenvalue weighted by Gasteiger charge is -2.16. The van der Waals surface area contributed by atoms with Gasteiger partial charge in [-0.2, -0.15) is 5.10 Å². The van der Waals surface area contributed by atoms with Crippen LogP contribution in [0.3, 0.4) is 0 Å². The van der Waals surface area contributed by atoms with Crippen LogP contribution in [0.25, 0.3) is 0 Å². The molecular formula is C14H21N3S. The van der Waals surface area contributed by atoms with Crippen molar-refractivity contribution >= 4 is 11.3 Å². The third-order valence-corrected chi connectivity index (χ3v) is 4.01. The molecule has 0 saturated heterocycles. The molecule has 1 atom stereocenters. The SMILES string of the molecule is CCCC(NCc1cnn(CC)c1)c1cccs1. The molecule has 3 nitrogen and oxygen atoms in total. The summed E-state index contributed by atoms with van der Waals surface area (Å²) in [6.45, 7) is 6.17. The summed E-state index contributed by atoms with van der Waals surface area (Å²) >= 11 is 1.83. The fourth-order valence-electron chi connectivity index (χ4n) is 2.03. The van der Waals surface area contributed by atoms with E-state index in [-0.39, 0.29) is 0 Å². The molecule has 18 heavy (non-hydrogen) atoms. The maximum Gasteiger partial charge on any atom is 0.0534 e.